The molecule has 1 amide bonds. The summed E-state index contributed by atoms with van der Waals surface area (Å²) in [5.74, 6) is -1.51. The van der Waals surface area contributed by atoms with E-state index in [1.807, 2.05) is 13.8 Å². The van der Waals surface area contributed by atoms with Gasteiger partial charge in [0.25, 0.3) is 5.91 Å². The summed E-state index contributed by atoms with van der Waals surface area (Å²) < 4.78 is 42.0. The second kappa shape index (κ2) is 7.21. The van der Waals surface area contributed by atoms with Crippen LogP contribution in [0.4, 0.5) is 14.6 Å². The number of fused-ring (bicyclic) bond motifs is 1. The Morgan fingerprint density at radius 2 is 2.03 bits per heavy atom. The van der Waals surface area contributed by atoms with E-state index < -0.39 is 43.6 Å². The molecule has 2 aromatic heterocycles. The van der Waals surface area contributed by atoms with Gasteiger partial charge in [-0.05, 0) is 51.5 Å². The summed E-state index contributed by atoms with van der Waals surface area (Å²) in [7, 11) is -2.47. The van der Waals surface area contributed by atoms with Crippen molar-refractivity contribution in [1.29, 1.82) is 0 Å². The smallest absolute Gasteiger partial charge is 0.275 e. The first-order valence-electron chi connectivity index (χ1n) is 9.73. The minimum Gasteiger partial charge on any atom is -0.386 e. The summed E-state index contributed by atoms with van der Waals surface area (Å²) in [6.07, 6.45) is 1.50. The fraction of sp³-hybridized carbons (Fsp3) is 0.400. The van der Waals surface area contributed by atoms with E-state index >= 15 is 0 Å². The van der Waals surface area contributed by atoms with Crippen LogP contribution in [0.1, 0.15) is 43.4 Å². The van der Waals surface area contributed by atoms with Gasteiger partial charge < -0.3 is 15.6 Å². The van der Waals surface area contributed by atoms with Crippen molar-refractivity contribution < 1.29 is 18.1 Å². The molecule has 1 unspecified atom stereocenters. The Kier molecular flexibility index (Phi) is 5.02. The van der Waals surface area contributed by atoms with Crippen LogP contribution in [-0.2, 0) is 5.54 Å². The van der Waals surface area contributed by atoms with Gasteiger partial charge in [0.2, 0.25) is 0 Å². The van der Waals surface area contributed by atoms with E-state index in [1.54, 1.807) is 6.92 Å². The number of carbonyl (C=O) groups excluding carboxylic acids is 1. The number of amides is 1. The van der Waals surface area contributed by atoms with Crippen molar-refractivity contribution in [3.63, 3.8) is 0 Å². The van der Waals surface area contributed by atoms with Gasteiger partial charge in [0.05, 0.1) is 16.2 Å². The first-order valence-corrected chi connectivity index (χ1v) is 11.4. The summed E-state index contributed by atoms with van der Waals surface area (Å²) >= 11 is 0. The van der Waals surface area contributed by atoms with Crippen molar-refractivity contribution in [1.82, 2.24) is 14.7 Å². The zero-order valence-corrected chi connectivity index (χ0v) is 18.1. The number of nitrogens with one attached hydrogen (secondary N) is 2. The molecule has 4 heterocycles. The molecule has 4 rings (SSSR count). The van der Waals surface area contributed by atoms with E-state index in [0.717, 1.165) is 12.3 Å². The molecule has 0 bridgehead atoms. The number of pyridine rings is 2. The molecular weight excluding hydrogens is 426 g/mol. The van der Waals surface area contributed by atoms with Gasteiger partial charge in [-0.15, -0.1) is 0 Å². The molecule has 166 valence electrons. The van der Waals surface area contributed by atoms with E-state index in [2.05, 4.69) is 25.0 Å². The van der Waals surface area contributed by atoms with Gasteiger partial charge in [-0.1, -0.05) is 10.5 Å². The van der Waals surface area contributed by atoms with Gasteiger partial charge in [-0.3, -0.25) is 14.5 Å². The largest absolute Gasteiger partial charge is 0.386 e. The molecule has 5 N–H and O–H groups in total. The summed E-state index contributed by atoms with van der Waals surface area (Å²) in [6, 6.07) is 4.85. The van der Waals surface area contributed by atoms with Crippen LogP contribution < -0.4 is 15.8 Å². The number of nitrogens with zero attached hydrogens (tertiary/aromatic N) is 3. The molecular formula is C20H24F2N6O2S. The van der Waals surface area contributed by atoms with Crippen LogP contribution in [0.15, 0.2) is 35.5 Å². The molecule has 0 spiro atoms. The van der Waals surface area contributed by atoms with Gasteiger partial charge in [-0.25, -0.2) is 18.7 Å². The molecule has 0 aliphatic carbocycles. The fourth-order valence-corrected chi connectivity index (χ4v) is 7.50. The van der Waals surface area contributed by atoms with Crippen molar-refractivity contribution in [2.24, 2.45) is 10.7 Å². The zero-order valence-electron chi connectivity index (χ0n) is 17.3. The topological polar surface area (TPSA) is 126 Å². The molecule has 2 aromatic rings. The normalized spacial score (nSPS) is 31.3. The number of carbonyl (C=O) groups is 1. The summed E-state index contributed by atoms with van der Waals surface area (Å²) in [5, 5.41) is 2.12. The monoisotopic (exact) mass is 450 g/mol. The number of aliphatic imine (C=N–C) groups is 1. The molecule has 8 nitrogen and oxygen atoms in total. The maximum Gasteiger partial charge on any atom is 0.275 e. The fourth-order valence-electron chi connectivity index (χ4n) is 4.14. The van der Waals surface area contributed by atoms with Crippen molar-refractivity contribution in [2.75, 3.05) is 11.9 Å². The number of anilines is 1. The lowest BCUT2D eigenvalue weighted by molar-refractivity contribution is 0.102. The molecule has 0 saturated carbocycles. The highest BCUT2D eigenvalue weighted by atomic mass is 32.3. The van der Waals surface area contributed by atoms with Crippen LogP contribution in [0, 0.1) is 11.6 Å². The van der Waals surface area contributed by atoms with E-state index in [4.69, 9.17) is 5.73 Å². The number of hydrogen-bond donors (Lipinski definition) is 4. The van der Waals surface area contributed by atoms with Crippen molar-refractivity contribution in [3.05, 3.63) is 53.5 Å². The standard InChI is InChI=1S/C20H24F2N6O2S/c1-19(2)18(23)28-20(3,14-8-9-25-31(14,19)30)16-12(22)5-7-15(26-16)27-17(29)13-6-4-11(21)10-24-13/h4-7,10,14,25,30H,8-9H2,1-3H3,(H2,23,28)(H,26,27,29)/t14-,20+/m1/s1. The van der Waals surface area contributed by atoms with E-state index in [1.165, 1.54) is 18.2 Å². The minimum atomic E-state index is -2.47. The highest BCUT2D eigenvalue weighted by Gasteiger charge is 2.61. The molecule has 1 fully saturated rings. The van der Waals surface area contributed by atoms with Gasteiger partial charge in [0.1, 0.15) is 40.2 Å². The van der Waals surface area contributed by atoms with Gasteiger partial charge >= 0.3 is 0 Å². The Morgan fingerprint density at radius 3 is 2.71 bits per heavy atom. The van der Waals surface area contributed by atoms with E-state index in [-0.39, 0.29) is 23.0 Å². The minimum absolute atomic E-state index is 0.0132. The number of amidine groups is 1. The number of halogens is 2. The highest BCUT2D eigenvalue weighted by molar-refractivity contribution is 8.29. The van der Waals surface area contributed by atoms with Gasteiger partial charge in [0, 0.05) is 6.54 Å². The summed E-state index contributed by atoms with van der Waals surface area (Å²) in [4.78, 5) is 25.1. The SMILES string of the molecule is CC1(C)C(N)=N[C@](C)(c2nc(NC(=O)c3ccc(F)cn3)ccc2F)[C@H]2CCNS21O. The number of hydrogen-bond acceptors (Lipinski definition) is 7. The zero-order chi connectivity index (χ0) is 22.6. The molecule has 2 aliphatic heterocycles. The average molecular weight is 451 g/mol. The van der Waals surface area contributed by atoms with Crippen LogP contribution in [0.2, 0.25) is 0 Å². The Morgan fingerprint density at radius 1 is 1.29 bits per heavy atom. The predicted molar refractivity (Wildman–Crippen MR) is 116 cm³/mol. The van der Waals surface area contributed by atoms with Crippen LogP contribution in [0.25, 0.3) is 0 Å². The van der Waals surface area contributed by atoms with Gasteiger partial charge in [-0.2, -0.15) is 0 Å². The quantitative estimate of drug-likeness (QED) is 0.570. The Hall–Kier alpha value is -2.63. The van der Waals surface area contributed by atoms with E-state index in [0.29, 0.717) is 13.0 Å². The molecule has 11 heteroatoms. The lowest BCUT2D eigenvalue weighted by Crippen LogP contribution is -2.57. The number of nitrogens with two attached hydrogens (primary N) is 1. The molecule has 0 aromatic carbocycles. The number of aromatic nitrogens is 2. The lowest BCUT2D eigenvalue weighted by Gasteiger charge is -2.55. The molecule has 0 radical (unpaired) electrons. The first-order chi connectivity index (χ1) is 14.5. The third-order valence-corrected chi connectivity index (χ3v) is 9.97. The summed E-state index contributed by atoms with van der Waals surface area (Å²) in [6.45, 7) is 5.89. The van der Waals surface area contributed by atoms with Crippen LogP contribution >= 0.6 is 10.5 Å². The molecule has 1 saturated heterocycles. The second-order valence-corrected chi connectivity index (χ2v) is 11.4. The molecule has 3 atom stereocenters. The Balaban J connectivity index is 1.74. The second-order valence-electron chi connectivity index (χ2n) is 8.29. The van der Waals surface area contributed by atoms with E-state index in [9.17, 15) is 18.1 Å². The number of rotatable bonds is 3. The third-order valence-electron chi connectivity index (χ3n) is 6.04. The molecule has 31 heavy (non-hydrogen) atoms. The van der Waals surface area contributed by atoms with Crippen molar-refractivity contribution in [3.8, 4) is 0 Å². The Bertz CT molecular complexity index is 1080. The van der Waals surface area contributed by atoms with Crippen molar-refractivity contribution in [2.45, 2.75) is 42.7 Å². The maximum atomic E-state index is 15.0. The predicted octanol–water partition coefficient (Wildman–Crippen LogP) is 2.93. The highest BCUT2D eigenvalue weighted by Crippen LogP contribution is 2.67. The maximum absolute atomic E-state index is 15.0. The third kappa shape index (κ3) is 3.27. The lowest BCUT2D eigenvalue weighted by atomic mass is 9.90. The van der Waals surface area contributed by atoms with Crippen LogP contribution in [-0.4, -0.2) is 42.8 Å². The Labute approximate surface area is 180 Å². The van der Waals surface area contributed by atoms with Crippen LogP contribution in [0.3, 0.4) is 0 Å². The first kappa shape index (κ1) is 21.6. The van der Waals surface area contributed by atoms with Gasteiger partial charge in [0.15, 0.2) is 0 Å². The summed E-state index contributed by atoms with van der Waals surface area (Å²) in [5.41, 5.74) is 4.97. The average Bonchev–Trinajstić information content (AvgIpc) is 3.13. The van der Waals surface area contributed by atoms with Crippen LogP contribution in [0.5, 0.6) is 0 Å². The van der Waals surface area contributed by atoms with Crippen molar-refractivity contribution >= 4 is 28.1 Å². The molecule has 2 aliphatic rings.